The van der Waals surface area contributed by atoms with Crippen molar-refractivity contribution >= 4 is 17.5 Å². The van der Waals surface area contributed by atoms with Crippen LogP contribution in [-0.4, -0.2) is 11.0 Å². The molecule has 76 valence electrons. The number of hydrogen-bond acceptors (Lipinski definition) is 2. The van der Waals surface area contributed by atoms with Crippen molar-refractivity contribution in [3.8, 4) is 0 Å². The summed E-state index contributed by atoms with van der Waals surface area (Å²) in [4.78, 5) is 10.5. The monoisotopic (exact) mass is 213 g/mol. The molecule has 1 amide bonds. The third kappa shape index (κ3) is 3.36. The Kier molecular flexibility index (Phi) is 3.92. The smallest absolute Gasteiger partial charge is 0.217 e. The molecule has 4 heteroatoms. The molecule has 1 rings (SSSR count). The van der Waals surface area contributed by atoms with Crippen LogP contribution in [0.2, 0.25) is 5.02 Å². The normalized spacial score (nSPS) is 12.4. The minimum atomic E-state index is -0.653. The maximum Gasteiger partial charge on any atom is 0.217 e. The topological polar surface area (TPSA) is 63.3 Å². The van der Waals surface area contributed by atoms with E-state index >= 15 is 0 Å². The number of hydrogen-bond donors (Lipinski definition) is 2. The average Bonchev–Trinajstić information content (AvgIpc) is 2.15. The van der Waals surface area contributed by atoms with E-state index < -0.39 is 12.0 Å². The summed E-state index contributed by atoms with van der Waals surface area (Å²) in [6, 6.07) is 6.86. The fourth-order valence-corrected chi connectivity index (χ4v) is 1.26. The molecule has 1 unspecified atom stereocenters. The van der Waals surface area contributed by atoms with Gasteiger partial charge in [0.15, 0.2) is 0 Å². The van der Waals surface area contributed by atoms with E-state index in [1.54, 1.807) is 24.3 Å². The lowest BCUT2D eigenvalue weighted by Crippen LogP contribution is -2.12. The van der Waals surface area contributed by atoms with E-state index in [1.165, 1.54) is 0 Å². The summed E-state index contributed by atoms with van der Waals surface area (Å²) in [6.07, 6.45) is -0.124. The fraction of sp³-hybridized carbons (Fsp3) is 0.300. The van der Waals surface area contributed by atoms with Gasteiger partial charge in [0.1, 0.15) is 0 Å². The van der Waals surface area contributed by atoms with Crippen molar-refractivity contribution in [2.45, 2.75) is 18.9 Å². The number of carbonyl (C=O) groups is 1. The highest BCUT2D eigenvalue weighted by atomic mass is 35.5. The third-order valence-corrected chi connectivity index (χ3v) is 2.17. The Morgan fingerprint density at radius 1 is 1.43 bits per heavy atom. The minimum absolute atomic E-state index is 0.184. The highest BCUT2D eigenvalue weighted by Crippen LogP contribution is 2.19. The molecule has 1 aromatic carbocycles. The van der Waals surface area contributed by atoms with Gasteiger partial charge in [-0.15, -0.1) is 0 Å². The Morgan fingerprint density at radius 2 is 2.00 bits per heavy atom. The third-order valence-electron chi connectivity index (χ3n) is 1.92. The number of amides is 1. The van der Waals surface area contributed by atoms with E-state index in [2.05, 4.69) is 0 Å². The first-order valence-corrected chi connectivity index (χ1v) is 4.69. The second kappa shape index (κ2) is 4.98. The molecule has 1 aromatic rings. The van der Waals surface area contributed by atoms with E-state index in [0.29, 0.717) is 11.4 Å². The summed E-state index contributed by atoms with van der Waals surface area (Å²) < 4.78 is 0. The molecule has 0 aliphatic rings. The van der Waals surface area contributed by atoms with Crippen molar-refractivity contribution in [2.24, 2.45) is 5.73 Å². The summed E-state index contributed by atoms with van der Waals surface area (Å²) in [5.74, 6) is -0.405. The maximum absolute atomic E-state index is 10.5. The van der Waals surface area contributed by atoms with Crippen molar-refractivity contribution in [3.05, 3.63) is 34.9 Å². The Bertz CT molecular complexity index is 310. The molecule has 0 aliphatic carbocycles. The molecule has 0 spiro atoms. The number of benzene rings is 1. The first kappa shape index (κ1) is 11.0. The van der Waals surface area contributed by atoms with Crippen LogP contribution in [0.1, 0.15) is 24.5 Å². The second-order valence-electron chi connectivity index (χ2n) is 3.07. The average molecular weight is 214 g/mol. The summed E-state index contributed by atoms with van der Waals surface area (Å²) in [5, 5.41) is 10.2. The SMILES string of the molecule is NC(=O)CCC(O)c1ccc(Cl)cc1. The molecule has 3 N–H and O–H groups in total. The quantitative estimate of drug-likeness (QED) is 0.799. The summed E-state index contributed by atoms with van der Waals surface area (Å²) in [5.41, 5.74) is 5.72. The first-order valence-electron chi connectivity index (χ1n) is 4.31. The molecule has 0 radical (unpaired) electrons. The van der Waals surface area contributed by atoms with Crippen LogP contribution >= 0.6 is 11.6 Å². The highest BCUT2D eigenvalue weighted by Gasteiger charge is 2.08. The molecule has 3 nitrogen and oxygen atoms in total. The Labute approximate surface area is 87.5 Å². The van der Waals surface area contributed by atoms with Gasteiger partial charge < -0.3 is 10.8 Å². The van der Waals surface area contributed by atoms with Gasteiger partial charge in [0.25, 0.3) is 0 Å². The van der Waals surface area contributed by atoms with Crippen LogP contribution < -0.4 is 5.73 Å². The van der Waals surface area contributed by atoms with Gasteiger partial charge in [0.2, 0.25) is 5.91 Å². The van der Waals surface area contributed by atoms with E-state index in [9.17, 15) is 9.90 Å². The number of nitrogens with two attached hydrogens (primary N) is 1. The Morgan fingerprint density at radius 3 is 2.50 bits per heavy atom. The van der Waals surface area contributed by atoms with Crippen LogP contribution in [0.25, 0.3) is 0 Å². The number of primary amides is 1. The van der Waals surface area contributed by atoms with Gasteiger partial charge in [-0.1, -0.05) is 23.7 Å². The van der Waals surface area contributed by atoms with Gasteiger partial charge >= 0.3 is 0 Å². The standard InChI is InChI=1S/C10H12ClNO2/c11-8-3-1-7(2-4-8)9(13)5-6-10(12)14/h1-4,9,13H,5-6H2,(H2,12,14). The van der Waals surface area contributed by atoms with Crippen LogP contribution in [0, 0.1) is 0 Å². The minimum Gasteiger partial charge on any atom is -0.388 e. The van der Waals surface area contributed by atoms with E-state index in [4.69, 9.17) is 17.3 Å². The molecular weight excluding hydrogens is 202 g/mol. The number of halogens is 1. The van der Waals surface area contributed by atoms with Crippen LogP contribution in [0.15, 0.2) is 24.3 Å². The summed E-state index contributed by atoms with van der Waals surface area (Å²) >= 11 is 5.69. The van der Waals surface area contributed by atoms with Crippen molar-refractivity contribution in [1.29, 1.82) is 0 Å². The largest absolute Gasteiger partial charge is 0.388 e. The van der Waals surface area contributed by atoms with Gasteiger partial charge in [0.05, 0.1) is 6.10 Å². The molecule has 0 heterocycles. The van der Waals surface area contributed by atoms with Crippen molar-refractivity contribution in [3.63, 3.8) is 0 Å². The lowest BCUT2D eigenvalue weighted by molar-refractivity contribution is -0.118. The lowest BCUT2D eigenvalue weighted by Gasteiger charge is -2.09. The van der Waals surface area contributed by atoms with Crippen LogP contribution in [0.5, 0.6) is 0 Å². The number of carbonyl (C=O) groups excluding carboxylic acids is 1. The van der Waals surface area contributed by atoms with Crippen LogP contribution in [-0.2, 0) is 4.79 Å². The van der Waals surface area contributed by atoms with E-state index in [0.717, 1.165) is 5.56 Å². The number of rotatable bonds is 4. The molecule has 0 fully saturated rings. The fourth-order valence-electron chi connectivity index (χ4n) is 1.13. The van der Waals surface area contributed by atoms with Crippen molar-refractivity contribution in [2.75, 3.05) is 0 Å². The molecule has 0 saturated heterocycles. The van der Waals surface area contributed by atoms with Crippen molar-refractivity contribution < 1.29 is 9.90 Å². The van der Waals surface area contributed by atoms with Gasteiger partial charge in [-0.2, -0.15) is 0 Å². The van der Waals surface area contributed by atoms with E-state index in [1.807, 2.05) is 0 Å². The molecule has 0 saturated carbocycles. The molecular formula is C10H12ClNO2. The van der Waals surface area contributed by atoms with Gasteiger partial charge in [-0.05, 0) is 24.1 Å². The zero-order valence-corrected chi connectivity index (χ0v) is 8.37. The summed E-state index contributed by atoms with van der Waals surface area (Å²) in [6.45, 7) is 0. The zero-order chi connectivity index (χ0) is 10.6. The van der Waals surface area contributed by atoms with Crippen LogP contribution in [0.3, 0.4) is 0 Å². The number of aliphatic hydroxyl groups is 1. The molecule has 0 aliphatic heterocycles. The summed E-state index contributed by atoms with van der Waals surface area (Å²) in [7, 11) is 0. The predicted octanol–water partition coefficient (Wildman–Crippen LogP) is 1.64. The molecule has 0 bridgehead atoms. The Balaban J connectivity index is 2.56. The predicted molar refractivity (Wildman–Crippen MR) is 54.8 cm³/mol. The van der Waals surface area contributed by atoms with Gasteiger partial charge in [0, 0.05) is 11.4 Å². The second-order valence-corrected chi connectivity index (χ2v) is 3.51. The van der Waals surface area contributed by atoms with Crippen LogP contribution in [0.4, 0.5) is 0 Å². The molecule has 1 atom stereocenters. The van der Waals surface area contributed by atoms with Crippen molar-refractivity contribution in [1.82, 2.24) is 0 Å². The maximum atomic E-state index is 10.5. The zero-order valence-electron chi connectivity index (χ0n) is 7.61. The lowest BCUT2D eigenvalue weighted by atomic mass is 10.1. The molecule has 14 heavy (non-hydrogen) atoms. The molecule has 0 aromatic heterocycles. The Hall–Kier alpha value is -1.06. The van der Waals surface area contributed by atoms with Gasteiger partial charge in [-0.25, -0.2) is 0 Å². The number of aliphatic hydroxyl groups excluding tert-OH is 1. The van der Waals surface area contributed by atoms with Gasteiger partial charge in [-0.3, -0.25) is 4.79 Å². The first-order chi connectivity index (χ1) is 6.59. The van der Waals surface area contributed by atoms with E-state index in [-0.39, 0.29) is 6.42 Å². The highest BCUT2D eigenvalue weighted by molar-refractivity contribution is 6.30.